The molecule has 2 aromatic rings. The summed E-state index contributed by atoms with van der Waals surface area (Å²) >= 11 is 6.38. The number of hydrogen-bond donors (Lipinski definition) is 2. The van der Waals surface area contributed by atoms with E-state index in [1.54, 1.807) is 12.3 Å². The van der Waals surface area contributed by atoms with Gasteiger partial charge in [0.1, 0.15) is 11.6 Å². The second-order valence-electron chi connectivity index (χ2n) is 4.16. The Labute approximate surface area is 138 Å². The highest BCUT2D eigenvalue weighted by atomic mass is 79.9. The summed E-state index contributed by atoms with van der Waals surface area (Å²) in [6.07, 6.45) is 1.61. The molecule has 0 fully saturated rings. The van der Waals surface area contributed by atoms with Gasteiger partial charge in [0, 0.05) is 22.9 Å². The molecule has 2 rings (SSSR count). The third-order valence-corrected chi connectivity index (χ3v) is 3.66. The monoisotopic (exact) mass is 415 g/mol. The minimum Gasteiger partial charge on any atom is -0.370 e. The number of aromatic nitrogens is 1. The molecule has 0 unspecified atom stereocenters. The van der Waals surface area contributed by atoms with Crippen LogP contribution < -0.4 is 10.6 Å². The maximum Gasteiger partial charge on any atom is 0.259 e. The first kappa shape index (κ1) is 15.9. The zero-order valence-corrected chi connectivity index (χ0v) is 14.3. The molecule has 0 aliphatic carbocycles. The first-order chi connectivity index (χ1) is 10.0. The van der Waals surface area contributed by atoms with Gasteiger partial charge in [-0.25, -0.2) is 9.37 Å². The number of nitrogens with one attached hydrogen (secondary N) is 2. The molecule has 7 heteroatoms. The number of carbonyl (C=O) groups excluding carboxylic acids is 1. The molecule has 1 heterocycles. The van der Waals surface area contributed by atoms with Crippen LogP contribution >= 0.6 is 31.9 Å². The Morgan fingerprint density at radius 2 is 2.10 bits per heavy atom. The average Bonchev–Trinajstić information content (AvgIpc) is 2.45. The molecule has 1 amide bonds. The average molecular weight is 417 g/mol. The molecule has 0 radical (unpaired) electrons. The second kappa shape index (κ2) is 7.00. The molecule has 0 aliphatic heterocycles. The fourth-order valence-corrected chi connectivity index (χ4v) is 2.40. The van der Waals surface area contributed by atoms with Gasteiger partial charge in [-0.3, -0.25) is 4.79 Å². The first-order valence-electron chi connectivity index (χ1n) is 6.17. The zero-order chi connectivity index (χ0) is 15.4. The molecule has 0 saturated heterocycles. The number of anilines is 2. The van der Waals surface area contributed by atoms with E-state index in [0.717, 1.165) is 0 Å². The van der Waals surface area contributed by atoms with Crippen LogP contribution in [0.15, 0.2) is 39.4 Å². The molecular weight excluding hydrogens is 405 g/mol. The van der Waals surface area contributed by atoms with Crippen LogP contribution in [0.5, 0.6) is 0 Å². The minimum atomic E-state index is -0.384. The van der Waals surface area contributed by atoms with Gasteiger partial charge >= 0.3 is 0 Å². The number of benzene rings is 1. The Morgan fingerprint density at radius 1 is 1.33 bits per heavy atom. The van der Waals surface area contributed by atoms with Gasteiger partial charge in [-0.1, -0.05) is 0 Å². The van der Waals surface area contributed by atoms with Crippen molar-refractivity contribution in [3.05, 3.63) is 50.8 Å². The summed E-state index contributed by atoms with van der Waals surface area (Å²) in [7, 11) is 0. The highest BCUT2D eigenvalue weighted by molar-refractivity contribution is 9.10. The normalized spacial score (nSPS) is 10.3. The number of carbonyl (C=O) groups is 1. The lowest BCUT2D eigenvalue weighted by atomic mass is 10.2. The van der Waals surface area contributed by atoms with E-state index in [9.17, 15) is 9.18 Å². The van der Waals surface area contributed by atoms with Crippen LogP contribution in [0.25, 0.3) is 0 Å². The van der Waals surface area contributed by atoms with E-state index in [2.05, 4.69) is 47.5 Å². The van der Waals surface area contributed by atoms with Gasteiger partial charge in [-0.15, -0.1) is 0 Å². The Bertz CT molecular complexity index is 679. The van der Waals surface area contributed by atoms with Crippen molar-refractivity contribution >= 4 is 49.3 Å². The van der Waals surface area contributed by atoms with Crippen LogP contribution in [0.1, 0.15) is 17.3 Å². The molecule has 1 aromatic carbocycles. The Hall–Kier alpha value is -1.47. The van der Waals surface area contributed by atoms with Crippen molar-refractivity contribution in [1.82, 2.24) is 4.98 Å². The Kier molecular flexibility index (Phi) is 5.30. The van der Waals surface area contributed by atoms with Gasteiger partial charge < -0.3 is 10.6 Å². The van der Waals surface area contributed by atoms with E-state index in [1.807, 2.05) is 6.92 Å². The number of nitrogens with zero attached hydrogens (tertiary/aromatic N) is 1. The van der Waals surface area contributed by atoms with Crippen LogP contribution in [-0.4, -0.2) is 17.4 Å². The van der Waals surface area contributed by atoms with Crippen molar-refractivity contribution in [3.63, 3.8) is 0 Å². The number of amides is 1. The third-order valence-electron chi connectivity index (χ3n) is 2.62. The quantitative estimate of drug-likeness (QED) is 0.775. The summed E-state index contributed by atoms with van der Waals surface area (Å²) in [6.45, 7) is 2.57. The van der Waals surface area contributed by atoms with Crippen molar-refractivity contribution in [3.8, 4) is 0 Å². The molecular formula is C14H12Br2FN3O. The molecule has 0 bridgehead atoms. The first-order valence-corrected chi connectivity index (χ1v) is 7.75. The topological polar surface area (TPSA) is 54.0 Å². The van der Waals surface area contributed by atoms with Crippen LogP contribution in [-0.2, 0) is 0 Å². The molecule has 4 nitrogen and oxygen atoms in total. The SMILES string of the molecule is CCNc1ncc(Br)cc1C(=O)Nc1ccc(F)c(Br)c1. The standard InChI is InChI=1S/C14H12Br2FN3O/c1-2-18-13-10(5-8(15)7-19-13)14(21)20-9-3-4-12(17)11(16)6-9/h3-7H,2H2,1H3,(H,18,19)(H,20,21). The maximum absolute atomic E-state index is 13.2. The van der Waals surface area contributed by atoms with E-state index in [1.165, 1.54) is 18.2 Å². The summed E-state index contributed by atoms with van der Waals surface area (Å²) in [5, 5.41) is 5.74. The molecule has 0 atom stereocenters. The largest absolute Gasteiger partial charge is 0.370 e. The van der Waals surface area contributed by atoms with Crippen LogP contribution in [0.2, 0.25) is 0 Å². The van der Waals surface area contributed by atoms with Crippen LogP contribution in [0.4, 0.5) is 15.9 Å². The Balaban J connectivity index is 2.27. The van der Waals surface area contributed by atoms with Gasteiger partial charge in [-0.2, -0.15) is 0 Å². The molecule has 0 aliphatic rings. The number of halogens is 3. The minimum absolute atomic E-state index is 0.291. The van der Waals surface area contributed by atoms with E-state index in [-0.39, 0.29) is 11.7 Å². The van der Waals surface area contributed by atoms with Crippen molar-refractivity contribution in [1.29, 1.82) is 0 Å². The molecule has 2 N–H and O–H groups in total. The third kappa shape index (κ3) is 4.01. The van der Waals surface area contributed by atoms with E-state index in [4.69, 9.17) is 0 Å². The number of rotatable bonds is 4. The molecule has 21 heavy (non-hydrogen) atoms. The van der Waals surface area contributed by atoms with Gasteiger partial charge in [0.2, 0.25) is 0 Å². The zero-order valence-electron chi connectivity index (χ0n) is 11.1. The van der Waals surface area contributed by atoms with E-state index in [0.29, 0.717) is 32.6 Å². The molecule has 0 saturated carbocycles. The number of pyridine rings is 1. The Morgan fingerprint density at radius 3 is 2.76 bits per heavy atom. The van der Waals surface area contributed by atoms with E-state index < -0.39 is 0 Å². The van der Waals surface area contributed by atoms with Crippen molar-refractivity contribution in [2.45, 2.75) is 6.92 Å². The number of hydrogen-bond acceptors (Lipinski definition) is 3. The fourth-order valence-electron chi connectivity index (χ4n) is 1.69. The maximum atomic E-state index is 13.2. The summed E-state index contributed by atoms with van der Waals surface area (Å²) in [4.78, 5) is 16.5. The van der Waals surface area contributed by atoms with E-state index >= 15 is 0 Å². The molecule has 110 valence electrons. The van der Waals surface area contributed by atoms with Gasteiger partial charge in [0.15, 0.2) is 0 Å². The predicted octanol–water partition coefficient (Wildman–Crippen LogP) is 4.43. The summed E-state index contributed by atoms with van der Waals surface area (Å²) in [6, 6.07) is 5.96. The highest BCUT2D eigenvalue weighted by Crippen LogP contribution is 2.23. The second-order valence-corrected chi connectivity index (χ2v) is 5.93. The summed E-state index contributed by atoms with van der Waals surface area (Å²) in [5.74, 6) is -0.205. The molecule has 1 aromatic heterocycles. The summed E-state index contributed by atoms with van der Waals surface area (Å²) in [5.41, 5.74) is 0.905. The lowest BCUT2D eigenvalue weighted by Crippen LogP contribution is -2.16. The highest BCUT2D eigenvalue weighted by Gasteiger charge is 2.14. The predicted molar refractivity (Wildman–Crippen MR) is 88.2 cm³/mol. The summed E-state index contributed by atoms with van der Waals surface area (Å²) < 4.78 is 14.2. The van der Waals surface area contributed by atoms with Crippen molar-refractivity contribution in [2.75, 3.05) is 17.2 Å². The van der Waals surface area contributed by atoms with Gasteiger partial charge in [0.05, 0.1) is 10.0 Å². The van der Waals surface area contributed by atoms with Crippen molar-refractivity contribution in [2.24, 2.45) is 0 Å². The lowest BCUT2D eigenvalue weighted by molar-refractivity contribution is 0.102. The van der Waals surface area contributed by atoms with Gasteiger partial charge in [0.25, 0.3) is 5.91 Å². The van der Waals surface area contributed by atoms with Crippen LogP contribution in [0, 0.1) is 5.82 Å². The van der Waals surface area contributed by atoms with Crippen molar-refractivity contribution < 1.29 is 9.18 Å². The smallest absolute Gasteiger partial charge is 0.259 e. The fraction of sp³-hybridized carbons (Fsp3) is 0.143. The molecule has 0 spiro atoms. The lowest BCUT2D eigenvalue weighted by Gasteiger charge is -2.11. The van der Waals surface area contributed by atoms with Crippen LogP contribution in [0.3, 0.4) is 0 Å². The van der Waals surface area contributed by atoms with Gasteiger partial charge in [-0.05, 0) is 63.0 Å².